The maximum Gasteiger partial charge on any atom is 0.338 e. The van der Waals surface area contributed by atoms with Gasteiger partial charge < -0.3 is 20.7 Å². The molecule has 0 saturated heterocycles. The van der Waals surface area contributed by atoms with Crippen molar-refractivity contribution >= 4 is 35.1 Å². The molecule has 0 bridgehead atoms. The molecule has 0 radical (unpaired) electrons. The average molecular weight is 423 g/mol. The van der Waals surface area contributed by atoms with Gasteiger partial charge in [0, 0.05) is 12.1 Å². The minimum Gasteiger partial charge on any atom is -0.462 e. The Morgan fingerprint density at radius 3 is 2.55 bits per heavy atom. The predicted octanol–water partition coefficient (Wildman–Crippen LogP) is 3.11. The summed E-state index contributed by atoms with van der Waals surface area (Å²) < 4.78 is 5.15. The fraction of sp³-hybridized carbons (Fsp3) is 0.304. The smallest absolute Gasteiger partial charge is 0.338 e. The summed E-state index contributed by atoms with van der Waals surface area (Å²) in [6, 6.07) is 12.3. The van der Waals surface area contributed by atoms with E-state index in [0.29, 0.717) is 29.1 Å². The van der Waals surface area contributed by atoms with Gasteiger partial charge in [0.25, 0.3) is 5.91 Å². The number of benzene rings is 2. The molecule has 8 nitrogen and oxygen atoms in total. The van der Waals surface area contributed by atoms with E-state index in [1.54, 1.807) is 48.5 Å². The van der Waals surface area contributed by atoms with Crippen LogP contribution in [0.3, 0.4) is 0 Å². The molecule has 0 spiro atoms. The van der Waals surface area contributed by atoms with E-state index < -0.39 is 12.0 Å². The fourth-order valence-electron chi connectivity index (χ4n) is 3.10. The summed E-state index contributed by atoms with van der Waals surface area (Å²) in [5.41, 5.74) is 1.77. The molecule has 0 saturated carbocycles. The molecule has 3 rings (SSSR count). The molecule has 0 aliphatic carbocycles. The second-order valence-corrected chi connectivity index (χ2v) is 7.21. The molecule has 1 aliphatic heterocycles. The molecule has 0 fully saturated rings. The topological polar surface area (TPSA) is 114 Å². The van der Waals surface area contributed by atoms with Crippen LogP contribution in [0.5, 0.6) is 0 Å². The van der Waals surface area contributed by atoms with E-state index in [-0.39, 0.29) is 30.6 Å². The number of para-hydroxylation sites is 1. The lowest BCUT2D eigenvalue weighted by Crippen LogP contribution is -2.41. The second kappa shape index (κ2) is 10.4. The Hall–Kier alpha value is -3.68. The third kappa shape index (κ3) is 5.91. The molecular formula is C23H25N3O5. The van der Waals surface area contributed by atoms with Crippen molar-refractivity contribution in [2.75, 3.05) is 17.2 Å². The Balaban J connectivity index is 1.50. The summed E-state index contributed by atoms with van der Waals surface area (Å²) in [5, 5.41) is 8.10. The minimum absolute atomic E-state index is 0.0372. The van der Waals surface area contributed by atoms with Crippen LogP contribution in [0.4, 0.5) is 11.4 Å². The third-order valence-corrected chi connectivity index (χ3v) is 4.85. The summed E-state index contributed by atoms with van der Waals surface area (Å²) >= 11 is 0. The number of rotatable bonds is 8. The van der Waals surface area contributed by atoms with Gasteiger partial charge in [-0.05, 0) is 49.2 Å². The van der Waals surface area contributed by atoms with Gasteiger partial charge >= 0.3 is 5.97 Å². The molecule has 2 aromatic rings. The van der Waals surface area contributed by atoms with E-state index >= 15 is 0 Å². The molecule has 8 heteroatoms. The lowest BCUT2D eigenvalue weighted by atomic mass is 10.1. The summed E-state index contributed by atoms with van der Waals surface area (Å²) in [4.78, 5) is 48.9. The van der Waals surface area contributed by atoms with Gasteiger partial charge in [0.2, 0.25) is 11.8 Å². The highest BCUT2D eigenvalue weighted by molar-refractivity contribution is 6.10. The Morgan fingerprint density at radius 1 is 1.06 bits per heavy atom. The third-order valence-electron chi connectivity index (χ3n) is 4.85. The lowest BCUT2D eigenvalue weighted by molar-refractivity contribution is -0.118. The van der Waals surface area contributed by atoms with Crippen LogP contribution in [0, 0.1) is 0 Å². The van der Waals surface area contributed by atoms with Crippen LogP contribution in [0.25, 0.3) is 0 Å². The SMILES string of the molecule is CCCCOC(=O)c1ccc(NC(=O)CCC2NC(=O)c3ccccc3NC2=O)cc1. The number of hydrogen-bond acceptors (Lipinski definition) is 5. The second-order valence-electron chi connectivity index (χ2n) is 7.21. The highest BCUT2D eigenvalue weighted by Gasteiger charge is 2.27. The van der Waals surface area contributed by atoms with Crippen LogP contribution in [0.2, 0.25) is 0 Å². The number of carbonyl (C=O) groups is 4. The fourth-order valence-corrected chi connectivity index (χ4v) is 3.10. The molecule has 2 aromatic carbocycles. The first kappa shape index (κ1) is 22.0. The number of unbranched alkanes of at least 4 members (excludes halogenated alkanes) is 1. The van der Waals surface area contributed by atoms with Crippen LogP contribution >= 0.6 is 0 Å². The summed E-state index contributed by atoms with van der Waals surface area (Å²) in [6.45, 7) is 2.39. The van der Waals surface area contributed by atoms with E-state index in [2.05, 4.69) is 16.0 Å². The maximum atomic E-state index is 12.4. The first-order valence-electron chi connectivity index (χ1n) is 10.3. The maximum absolute atomic E-state index is 12.4. The summed E-state index contributed by atoms with van der Waals surface area (Å²) in [5.74, 6) is -1.43. The molecule has 31 heavy (non-hydrogen) atoms. The zero-order valence-electron chi connectivity index (χ0n) is 17.3. The molecule has 162 valence electrons. The number of carbonyl (C=O) groups excluding carboxylic acids is 4. The van der Waals surface area contributed by atoms with E-state index in [1.807, 2.05) is 6.92 Å². The first-order chi connectivity index (χ1) is 15.0. The van der Waals surface area contributed by atoms with E-state index in [1.165, 1.54) is 0 Å². The van der Waals surface area contributed by atoms with Crippen molar-refractivity contribution in [2.45, 2.75) is 38.6 Å². The molecule has 0 aromatic heterocycles. The van der Waals surface area contributed by atoms with E-state index in [0.717, 1.165) is 12.8 Å². The minimum atomic E-state index is -0.814. The molecule has 1 heterocycles. The first-order valence-corrected chi connectivity index (χ1v) is 10.3. The van der Waals surface area contributed by atoms with Crippen molar-refractivity contribution < 1.29 is 23.9 Å². The van der Waals surface area contributed by atoms with E-state index in [4.69, 9.17) is 4.74 Å². The highest BCUT2D eigenvalue weighted by atomic mass is 16.5. The number of nitrogens with one attached hydrogen (secondary N) is 3. The van der Waals surface area contributed by atoms with Crippen LogP contribution in [-0.2, 0) is 14.3 Å². The molecule has 3 amide bonds. The van der Waals surface area contributed by atoms with Crippen LogP contribution in [0.15, 0.2) is 48.5 Å². The van der Waals surface area contributed by atoms with Gasteiger partial charge in [-0.15, -0.1) is 0 Å². The number of amides is 3. The Bertz CT molecular complexity index is 971. The molecule has 1 atom stereocenters. The molecule has 1 unspecified atom stereocenters. The molecule has 1 aliphatic rings. The quantitative estimate of drug-likeness (QED) is 0.446. The van der Waals surface area contributed by atoms with Gasteiger partial charge in [-0.1, -0.05) is 25.5 Å². The zero-order valence-corrected chi connectivity index (χ0v) is 17.3. The normalized spacial score (nSPS) is 15.2. The Kier molecular flexibility index (Phi) is 7.37. The van der Waals surface area contributed by atoms with Gasteiger partial charge in [0.05, 0.1) is 23.4 Å². The number of hydrogen-bond donors (Lipinski definition) is 3. The lowest BCUT2D eigenvalue weighted by Gasteiger charge is -2.14. The highest BCUT2D eigenvalue weighted by Crippen LogP contribution is 2.19. The van der Waals surface area contributed by atoms with Gasteiger partial charge in [-0.3, -0.25) is 14.4 Å². The van der Waals surface area contributed by atoms with Gasteiger partial charge in [-0.25, -0.2) is 4.79 Å². The summed E-state index contributed by atoms with van der Waals surface area (Å²) in [7, 11) is 0. The Labute approximate surface area is 180 Å². The Morgan fingerprint density at radius 2 is 1.81 bits per heavy atom. The monoisotopic (exact) mass is 423 g/mol. The number of anilines is 2. The van der Waals surface area contributed by atoms with Crippen molar-refractivity contribution in [1.82, 2.24) is 5.32 Å². The molecular weight excluding hydrogens is 398 g/mol. The standard InChI is InChI=1S/C23H25N3O5/c1-2-3-14-31-23(30)15-8-10-16(11-9-15)24-20(27)13-12-19-22(29)25-18-7-5-4-6-17(18)21(28)26-19/h4-11,19H,2-3,12-14H2,1H3,(H,24,27)(H,25,29)(H,26,28). The van der Waals surface area contributed by atoms with Gasteiger partial charge in [0.1, 0.15) is 6.04 Å². The predicted molar refractivity (Wildman–Crippen MR) is 116 cm³/mol. The van der Waals surface area contributed by atoms with Crippen molar-refractivity contribution in [2.24, 2.45) is 0 Å². The molecule has 3 N–H and O–H groups in total. The average Bonchev–Trinajstić information content (AvgIpc) is 2.88. The van der Waals surface area contributed by atoms with Gasteiger partial charge in [0.15, 0.2) is 0 Å². The van der Waals surface area contributed by atoms with Crippen molar-refractivity contribution in [1.29, 1.82) is 0 Å². The summed E-state index contributed by atoms with van der Waals surface area (Å²) in [6.07, 6.45) is 1.94. The van der Waals surface area contributed by atoms with Crippen molar-refractivity contribution in [3.05, 3.63) is 59.7 Å². The van der Waals surface area contributed by atoms with Crippen molar-refractivity contribution in [3.63, 3.8) is 0 Å². The number of ether oxygens (including phenoxy) is 1. The van der Waals surface area contributed by atoms with Crippen LogP contribution in [-0.4, -0.2) is 36.3 Å². The zero-order chi connectivity index (χ0) is 22.2. The van der Waals surface area contributed by atoms with E-state index in [9.17, 15) is 19.2 Å². The van der Waals surface area contributed by atoms with Crippen LogP contribution < -0.4 is 16.0 Å². The van der Waals surface area contributed by atoms with Crippen LogP contribution in [0.1, 0.15) is 53.3 Å². The number of fused-ring (bicyclic) bond motifs is 1. The van der Waals surface area contributed by atoms with Gasteiger partial charge in [-0.2, -0.15) is 0 Å². The van der Waals surface area contributed by atoms with Crippen molar-refractivity contribution in [3.8, 4) is 0 Å². The largest absolute Gasteiger partial charge is 0.462 e. The number of esters is 1.